The number of anilines is 1. The molecule has 6 heteroatoms. The van der Waals surface area contributed by atoms with Crippen molar-refractivity contribution in [2.75, 3.05) is 11.9 Å². The van der Waals surface area contributed by atoms with Crippen molar-refractivity contribution in [3.8, 4) is 17.2 Å². The molecule has 0 saturated carbocycles. The lowest BCUT2D eigenvalue weighted by molar-refractivity contribution is 0.0991. The number of aromatic nitrogens is 2. The molecule has 2 aromatic carbocycles. The number of hydrogen-bond donors (Lipinski definition) is 1. The van der Waals surface area contributed by atoms with Crippen LogP contribution in [0.3, 0.4) is 0 Å². The zero-order valence-corrected chi connectivity index (χ0v) is 12.5. The molecule has 0 aliphatic carbocycles. The number of nitrogens with one attached hydrogen (secondary N) is 1. The van der Waals surface area contributed by atoms with Crippen molar-refractivity contribution in [1.29, 1.82) is 0 Å². The Morgan fingerprint density at radius 3 is 2.52 bits per heavy atom. The second kappa shape index (κ2) is 6.74. The standard InChI is InChI=1S/C17H15N3O3/c1-2-22-14-10-8-13(9-11-14)18-15(21)17-20-19-16(23-17)12-6-4-3-5-7-12/h3-11H,2H2,1H3,(H,18,21). The summed E-state index contributed by atoms with van der Waals surface area (Å²) in [6.45, 7) is 2.51. The number of ether oxygens (including phenoxy) is 1. The van der Waals surface area contributed by atoms with E-state index in [1.54, 1.807) is 24.3 Å². The monoisotopic (exact) mass is 309 g/mol. The summed E-state index contributed by atoms with van der Waals surface area (Å²) < 4.78 is 10.8. The average Bonchev–Trinajstić information content (AvgIpc) is 3.08. The molecule has 116 valence electrons. The van der Waals surface area contributed by atoms with E-state index in [2.05, 4.69) is 15.5 Å². The molecule has 3 rings (SSSR count). The highest BCUT2D eigenvalue weighted by Gasteiger charge is 2.15. The molecule has 0 radical (unpaired) electrons. The molecule has 1 heterocycles. The highest BCUT2D eigenvalue weighted by atomic mass is 16.5. The van der Waals surface area contributed by atoms with E-state index < -0.39 is 5.91 Å². The predicted molar refractivity (Wildman–Crippen MR) is 85.3 cm³/mol. The maximum Gasteiger partial charge on any atom is 0.313 e. The van der Waals surface area contributed by atoms with E-state index in [1.165, 1.54) is 0 Å². The fourth-order valence-corrected chi connectivity index (χ4v) is 2.00. The number of hydrogen-bond acceptors (Lipinski definition) is 5. The molecule has 0 bridgehead atoms. The third kappa shape index (κ3) is 3.55. The van der Waals surface area contributed by atoms with Gasteiger partial charge in [0.25, 0.3) is 0 Å². The summed E-state index contributed by atoms with van der Waals surface area (Å²) in [6, 6.07) is 16.3. The lowest BCUT2D eigenvalue weighted by Gasteiger charge is -2.05. The molecule has 0 aliphatic heterocycles. The summed E-state index contributed by atoms with van der Waals surface area (Å²) in [4.78, 5) is 12.1. The topological polar surface area (TPSA) is 77.2 Å². The molecule has 0 spiro atoms. The molecule has 1 aromatic heterocycles. The van der Waals surface area contributed by atoms with E-state index >= 15 is 0 Å². The smallest absolute Gasteiger partial charge is 0.313 e. The Hall–Kier alpha value is -3.15. The van der Waals surface area contributed by atoms with Gasteiger partial charge in [-0.3, -0.25) is 4.79 Å². The van der Waals surface area contributed by atoms with E-state index in [4.69, 9.17) is 9.15 Å². The highest BCUT2D eigenvalue weighted by molar-refractivity contribution is 6.00. The van der Waals surface area contributed by atoms with Crippen LogP contribution in [0.4, 0.5) is 5.69 Å². The zero-order valence-electron chi connectivity index (χ0n) is 12.5. The van der Waals surface area contributed by atoms with Crippen molar-refractivity contribution >= 4 is 11.6 Å². The summed E-state index contributed by atoms with van der Waals surface area (Å²) in [6.07, 6.45) is 0. The van der Waals surface area contributed by atoms with Gasteiger partial charge in [0.15, 0.2) is 0 Å². The SMILES string of the molecule is CCOc1ccc(NC(=O)c2nnc(-c3ccccc3)o2)cc1. The minimum Gasteiger partial charge on any atom is -0.494 e. The fraction of sp³-hybridized carbons (Fsp3) is 0.118. The summed E-state index contributed by atoms with van der Waals surface area (Å²) >= 11 is 0. The number of carbonyl (C=O) groups is 1. The third-order valence-corrected chi connectivity index (χ3v) is 3.06. The quantitative estimate of drug-likeness (QED) is 0.781. The van der Waals surface area contributed by atoms with Crippen LogP contribution in [0.15, 0.2) is 59.0 Å². The number of carbonyl (C=O) groups excluding carboxylic acids is 1. The molecule has 0 atom stereocenters. The molecule has 1 N–H and O–H groups in total. The minimum absolute atomic E-state index is 0.0854. The number of nitrogens with zero attached hydrogens (tertiary/aromatic N) is 2. The average molecular weight is 309 g/mol. The molecule has 1 amide bonds. The molecule has 6 nitrogen and oxygen atoms in total. The first-order valence-corrected chi connectivity index (χ1v) is 7.19. The van der Waals surface area contributed by atoms with Crippen LogP contribution >= 0.6 is 0 Å². The van der Waals surface area contributed by atoms with Gasteiger partial charge in [-0.1, -0.05) is 18.2 Å². The van der Waals surface area contributed by atoms with Crippen molar-refractivity contribution in [1.82, 2.24) is 10.2 Å². The first-order chi connectivity index (χ1) is 11.3. The highest BCUT2D eigenvalue weighted by Crippen LogP contribution is 2.19. The van der Waals surface area contributed by atoms with Crippen LogP contribution in [0.25, 0.3) is 11.5 Å². The van der Waals surface area contributed by atoms with E-state index in [0.717, 1.165) is 11.3 Å². The summed E-state index contributed by atoms with van der Waals surface area (Å²) in [5.74, 6) is 0.513. The number of benzene rings is 2. The largest absolute Gasteiger partial charge is 0.494 e. The molecule has 0 aliphatic rings. The first-order valence-electron chi connectivity index (χ1n) is 7.19. The summed E-state index contributed by atoms with van der Waals surface area (Å²) in [5.41, 5.74) is 1.39. The van der Waals surface area contributed by atoms with Crippen molar-refractivity contribution in [2.24, 2.45) is 0 Å². The van der Waals surface area contributed by atoms with Gasteiger partial charge in [0.2, 0.25) is 5.89 Å². The maximum absolute atomic E-state index is 12.1. The lowest BCUT2D eigenvalue weighted by Crippen LogP contribution is -2.12. The normalized spacial score (nSPS) is 10.3. The number of amides is 1. The van der Waals surface area contributed by atoms with Crippen molar-refractivity contribution in [3.63, 3.8) is 0 Å². The van der Waals surface area contributed by atoms with Crippen LogP contribution < -0.4 is 10.1 Å². The van der Waals surface area contributed by atoms with Crippen LogP contribution in [-0.4, -0.2) is 22.7 Å². The van der Waals surface area contributed by atoms with Gasteiger partial charge in [0.1, 0.15) is 5.75 Å². The summed E-state index contributed by atoms with van der Waals surface area (Å²) in [5, 5.41) is 10.4. The van der Waals surface area contributed by atoms with E-state index in [0.29, 0.717) is 18.2 Å². The Morgan fingerprint density at radius 2 is 1.83 bits per heavy atom. The Balaban J connectivity index is 1.70. The Morgan fingerprint density at radius 1 is 1.09 bits per heavy atom. The van der Waals surface area contributed by atoms with Gasteiger partial charge in [-0.2, -0.15) is 0 Å². The molecule has 23 heavy (non-hydrogen) atoms. The Labute approximate surface area is 133 Å². The zero-order chi connectivity index (χ0) is 16.1. The van der Waals surface area contributed by atoms with E-state index in [1.807, 2.05) is 37.3 Å². The number of rotatable bonds is 5. The third-order valence-electron chi connectivity index (χ3n) is 3.06. The van der Waals surface area contributed by atoms with Crippen LogP contribution in [0.5, 0.6) is 5.75 Å². The van der Waals surface area contributed by atoms with Gasteiger partial charge in [-0.25, -0.2) is 0 Å². The fourth-order valence-electron chi connectivity index (χ4n) is 2.00. The molecular formula is C17H15N3O3. The summed E-state index contributed by atoms with van der Waals surface area (Å²) in [7, 11) is 0. The second-order valence-electron chi connectivity index (χ2n) is 4.69. The molecule has 3 aromatic rings. The van der Waals surface area contributed by atoms with Gasteiger partial charge < -0.3 is 14.5 Å². The van der Waals surface area contributed by atoms with Gasteiger partial charge in [0.05, 0.1) is 6.61 Å². The van der Waals surface area contributed by atoms with Crippen LogP contribution in [-0.2, 0) is 0 Å². The Kier molecular flexibility index (Phi) is 4.33. The predicted octanol–water partition coefficient (Wildman–Crippen LogP) is 3.39. The van der Waals surface area contributed by atoms with E-state index in [-0.39, 0.29) is 5.89 Å². The first kappa shape index (κ1) is 14.8. The molecule has 0 unspecified atom stereocenters. The molecule has 0 saturated heterocycles. The van der Waals surface area contributed by atoms with Crippen molar-refractivity contribution < 1.29 is 13.9 Å². The van der Waals surface area contributed by atoms with Gasteiger partial charge in [-0.05, 0) is 43.3 Å². The van der Waals surface area contributed by atoms with Crippen molar-refractivity contribution in [3.05, 3.63) is 60.5 Å². The van der Waals surface area contributed by atoms with Gasteiger partial charge in [0, 0.05) is 11.3 Å². The lowest BCUT2D eigenvalue weighted by atomic mass is 10.2. The second-order valence-corrected chi connectivity index (χ2v) is 4.69. The van der Waals surface area contributed by atoms with Crippen LogP contribution in [0.2, 0.25) is 0 Å². The maximum atomic E-state index is 12.1. The van der Waals surface area contributed by atoms with Crippen molar-refractivity contribution in [2.45, 2.75) is 6.92 Å². The van der Waals surface area contributed by atoms with E-state index in [9.17, 15) is 4.79 Å². The Bertz CT molecular complexity index is 782. The van der Waals surface area contributed by atoms with Crippen LogP contribution in [0, 0.1) is 0 Å². The van der Waals surface area contributed by atoms with Crippen LogP contribution in [0.1, 0.15) is 17.6 Å². The molecule has 0 fully saturated rings. The van der Waals surface area contributed by atoms with Gasteiger partial charge in [-0.15, -0.1) is 10.2 Å². The molecular weight excluding hydrogens is 294 g/mol. The van der Waals surface area contributed by atoms with Gasteiger partial charge >= 0.3 is 11.8 Å². The minimum atomic E-state index is -0.455.